The molecule has 2 rings (SSSR count). The van der Waals surface area contributed by atoms with Gasteiger partial charge < -0.3 is 5.73 Å². The van der Waals surface area contributed by atoms with E-state index < -0.39 is 11.5 Å². The van der Waals surface area contributed by atoms with Crippen molar-refractivity contribution in [1.82, 2.24) is 0 Å². The summed E-state index contributed by atoms with van der Waals surface area (Å²) in [6, 6.07) is 4.97. The van der Waals surface area contributed by atoms with Crippen molar-refractivity contribution in [1.29, 1.82) is 0 Å². The maximum absolute atomic E-state index is 14.0. The molecule has 0 unspecified atom stereocenters. The van der Waals surface area contributed by atoms with Gasteiger partial charge in [0.1, 0.15) is 5.82 Å². The van der Waals surface area contributed by atoms with Gasteiger partial charge in [-0.05, 0) is 25.3 Å². The van der Waals surface area contributed by atoms with E-state index in [1.807, 2.05) is 0 Å². The third-order valence-electron chi connectivity index (χ3n) is 3.60. The van der Waals surface area contributed by atoms with Crippen LogP contribution in [0.2, 0.25) is 0 Å². The molecule has 0 amide bonds. The van der Waals surface area contributed by atoms with Crippen molar-refractivity contribution in [3.05, 3.63) is 35.1 Å². The molecule has 0 bridgehead atoms. The number of benzene rings is 1. The van der Waals surface area contributed by atoms with Crippen LogP contribution in [0.4, 0.5) is 13.2 Å². The molecule has 4 heteroatoms. The molecule has 17 heavy (non-hydrogen) atoms. The van der Waals surface area contributed by atoms with Gasteiger partial charge in [0.05, 0.1) is 0 Å². The van der Waals surface area contributed by atoms with Gasteiger partial charge in [0, 0.05) is 23.9 Å². The Labute approximate surface area is 98.8 Å². The average Bonchev–Trinajstić information content (AvgIpc) is 2.27. The molecule has 1 aliphatic rings. The first-order valence-corrected chi connectivity index (χ1v) is 5.76. The first kappa shape index (κ1) is 12.4. The third kappa shape index (κ3) is 2.32. The number of aryl methyl sites for hydroxylation is 1. The second-order valence-electron chi connectivity index (χ2n) is 4.95. The Bertz CT molecular complexity index is 419. The number of hydrogen-bond acceptors (Lipinski definition) is 1. The zero-order valence-electron chi connectivity index (χ0n) is 9.77. The SMILES string of the molecule is Cc1cccc(C2(N)CCC(F)(F)CC2)c1F. The van der Waals surface area contributed by atoms with Crippen LogP contribution in [-0.2, 0) is 5.54 Å². The van der Waals surface area contributed by atoms with Crippen LogP contribution >= 0.6 is 0 Å². The molecule has 0 spiro atoms. The molecule has 94 valence electrons. The summed E-state index contributed by atoms with van der Waals surface area (Å²) >= 11 is 0. The van der Waals surface area contributed by atoms with Crippen molar-refractivity contribution >= 4 is 0 Å². The molecule has 1 saturated carbocycles. The van der Waals surface area contributed by atoms with Crippen molar-refractivity contribution in [2.45, 2.75) is 44.1 Å². The molecule has 1 fully saturated rings. The van der Waals surface area contributed by atoms with Gasteiger partial charge in [-0.2, -0.15) is 0 Å². The Hall–Kier alpha value is -1.03. The zero-order chi connectivity index (χ0) is 12.7. The summed E-state index contributed by atoms with van der Waals surface area (Å²) in [4.78, 5) is 0. The molecular weight excluding hydrogens is 227 g/mol. The quantitative estimate of drug-likeness (QED) is 0.802. The lowest BCUT2D eigenvalue weighted by molar-refractivity contribution is -0.0518. The van der Waals surface area contributed by atoms with Crippen LogP contribution in [-0.4, -0.2) is 5.92 Å². The second kappa shape index (κ2) is 4.02. The van der Waals surface area contributed by atoms with E-state index in [4.69, 9.17) is 5.73 Å². The summed E-state index contributed by atoms with van der Waals surface area (Å²) in [5.41, 5.74) is 6.02. The molecule has 1 aromatic rings. The predicted molar refractivity (Wildman–Crippen MR) is 60.4 cm³/mol. The van der Waals surface area contributed by atoms with E-state index >= 15 is 0 Å². The normalized spacial score (nSPS) is 22.4. The average molecular weight is 243 g/mol. The van der Waals surface area contributed by atoms with Crippen LogP contribution < -0.4 is 5.73 Å². The number of alkyl halides is 2. The van der Waals surface area contributed by atoms with E-state index in [1.165, 1.54) is 0 Å². The lowest BCUT2D eigenvalue weighted by Crippen LogP contribution is -2.44. The van der Waals surface area contributed by atoms with Crippen molar-refractivity contribution in [3.8, 4) is 0 Å². The summed E-state index contributed by atoms with van der Waals surface area (Å²) < 4.78 is 40.1. The lowest BCUT2D eigenvalue weighted by Gasteiger charge is -2.37. The van der Waals surface area contributed by atoms with E-state index in [0.717, 1.165) is 0 Å². The van der Waals surface area contributed by atoms with E-state index in [-0.39, 0.29) is 31.5 Å². The zero-order valence-corrected chi connectivity index (χ0v) is 9.77. The number of halogens is 3. The maximum Gasteiger partial charge on any atom is 0.248 e. The molecule has 0 radical (unpaired) electrons. The Balaban J connectivity index is 2.31. The smallest absolute Gasteiger partial charge is 0.248 e. The van der Waals surface area contributed by atoms with Crippen LogP contribution in [0.25, 0.3) is 0 Å². The monoisotopic (exact) mass is 243 g/mol. The highest BCUT2D eigenvalue weighted by atomic mass is 19.3. The molecule has 2 N–H and O–H groups in total. The molecule has 0 aromatic heterocycles. The minimum absolute atomic E-state index is 0.125. The van der Waals surface area contributed by atoms with Gasteiger partial charge in [-0.15, -0.1) is 0 Å². The van der Waals surface area contributed by atoms with Gasteiger partial charge in [0.15, 0.2) is 0 Å². The van der Waals surface area contributed by atoms with Gasteiger partial charge in [0.25, 0.3) is 0 Å². The van der Waals surface area contributed by atoms with Crippen molar-refractivity contribution < 1.29 is 13.2 Å². The molecule has 1 nitrogen and oxygen atoms in total. The van der Waals surface area contributed by atoms with Crippen LogP contribution in [0.15, 0.2) is 18.2 Å². The maximum atomic E-state index is 14.0. The number of rotatable bonds is 1. The number of hydrogen-bond donors (Lipinski definition) is 1. The Kier molecular flexibility index (Phi) is 2.94. The van der Waals surface area contributed by atoms with Crippen molar-refractivity contribution in [2.75, 3.05) is 0 Å². The van der Waals surface area contributed by atoms with Crippen LogP contribution in [0, 0.1) is 12.7 Å². The highest BCUT2D eigenvalue weighted by Gasteiger charge is 2.43. The largest absolute Gasteiger partial charge is 0.321 e. The van der Waals surface area contributed by atoms with Crippen LogP contribution in [0.1, 0.15) is 36.8 Å². The molecule has 0 saturated heterocycles. The fraction of sp³-hybridized carbons (Fsp3) is 0.538. The van der Waals surface area contributed by atoms with Gasteiger partial charge >= 0.3 is 0 Å². The van der Waals surface area contributed by atoms with Gasteiger partial charge in [-0.25, -0.2) is 13.2 Å². The Morgan fingerprint density at radius 3 is 2.29 bits per heavy atom. The first-order chi connectivity index (χ1) is 7.84. The Morgan fingerprint density at radius 1 is 1.12 bits per heavy atom. The summed E-state index contributed by atoms with van der Waals surface area (Å²) in [6.07, 6.45) is -0.283. The van der Waals surface area contributed by atoms with Crippen LogP contribution in [0.5, 0.6) is 0 Å². The molecule has 0 atom stereocenters. The van der Waals surface area contributed by atoms with E-state index in [1.54, 1.807) is 25.1 Å². The fourth-order valence-corrected chi connectivity index (χ4v) is 2.36. The van der Waals surface area contributed by atoms with Gasteiger partial charge in [-0.1, -0.05) is 18.2 Å². The topological polar surface area (TPSA) is 26.0 Å². The van der Waals surface area contributed by atoms with E-state index in [0.29, 0.717) is 11.1 Å². The summed E-state index contributed by atoms with van der Waals surface area (Å²) in [6.45, 7) is 1.65. The van der Waals surface area contributed by atoms with Crippen LogP contribution in [0.3, 0.4) is 0 Å². The molecule has 0 heterocycles. The summed E-state index contributed by atoms with van der Waals surface area (Å²) in [7, 11) is 0. The minimum atomic E-state index is -2.65. The molecule has 1 aliphatic carbocycles. The molecule has 0 aliphatic heterocycles. The predicted octanol–water partition coefficient (Wildman–Crippen LogP) is 3.50. The standard InChI is InChI=1S/C13H16F3N/c1-9-3-2-4-10(11(9)14)12(17)5-7-13(15,16)8-6-12/h2-4H,5-8,17H2,1H3. The molecule has 1 aromatic carbocycles. The second-order valence-corrected chi connectivity index (χ2v) is 4.95. The van der Waals surface area contributed by atoms with Gasteiger partial charge in [-0.3, -0.25) is 0 Å². The molecular formula is C13H16F3N. The summed E-state index contributed by atoms with van der Waals surface area (Å²) in [5.74, 6) is -3.01. The van der Waals surface area contributed by atoms with Crippen molar-refractivity contribution in [2.24, 2.45) is 5.73 Å². The van der Waals surface area contributed by atoms with E-state index in [9.17, 15) is 13.2 Å². The third-order valence-corrected chi connectivity index (χ3v) is 3.60. The lowest BCUT2D eigenvalue weighted by atomic mass is 9.75. The highest BCUT2D eigenvalue weighted by molar-refractivity contribution is 5.31. The number of nitrogens with two attached hydrogens (primary N) is 1. The summed E-state index contributed by atoms with van der Waals surface area (Å²) in [5, 5.41) is 0. The minimum Gasteiger partial charge on any atom is -0.321 e. The van der Waals surface area contributed by atoms with Crippen molar-refractivity contribution in [3.63, 3.8) is 0 Å². The first-order valence-electron chi connectivity index (χ1n) is 5.76. The fourth-order valence-electron chi connectivity index (χ4n) is 2.36. The highest BCUT2D eigenvalue weighted by Crippen LogP contribution is 2.43. The van der Waals surface area contributed by atoms with E-state index in [2.05, 4.69) is 0 Å². The Morgan fingerprint density at radius 2 is 1.71 bits per heavy atom. The van der Waals surface area contributed by atoms with Gasteiger partial charge in [0.2, 0.25) is 5.92 Å².